The van der Waals surface area contributed by atoms with E-state index in [9.17, 15) is 0 Å². The monoisotopic (exact) mass is 295 g/mol. The minimum absolute atomic E-state index is 0.116. The Morgan fingerprint density at radius 2 is 1.90 bits per heavy atom. The van der Waals surface area contributed by atoms with E-state index in [2.05, 4.69) is 17.1 Å². The predicted octanol–water partition coefficient (Wildman–Crippen LogP) is 3.67. The van der Waals surface area contributed by atoms with Gasteiger partial charge in [0.25, 0.3) is 0 Å². The Morgan fingerprint density at radius 3 is 2.67 bits per heavy atom. The summed E-state index contributed by atoms with van der Waals surface area (Å²) in [6, 6.07) is 14.5. The SMILES string of the molecule is CC(N)Cc1cc2ccccc2nc1Sc1ccncc1. The van der Waals surface area contributed by atoms with E-state index >= 15 is 0 Å². The van der Waals surface area contributed by atoms with Crippen LogP contribution in [0.5, 0.6) is 0 Å². The lowest BCUT2D eigenvalue weighted by Crippen LogP contribution is -2.18. The lowest BCUT2D eigenvalue weighted by Gasteiger charge is -2.12. The Bertz CT molecular complexity index is 741. The number of pyridine rings is 2. The van der Waals surface area contributed by atoms with Crippen LogP contribution in [0.2, 0.25) is 0 Å². The molecular formula is C17H17N3S. The molecule has 3 nitrogen and oxygen atoms in total. The van der Waals surface area contributed by atoms with Crippen molar-refractivity contribution >= 4 is 22.7 Å². The Kier molecular flexibility index (Phi) is 4.18. The van der Waals surface area contributed by atoms with Gasteiger partial charge in [0.15, 0.2) is 0 Å². The molecule has 2 N–H and O–H groups in total. The molecule has 106 valence electrons. The van der Waals surface area contributed by atoms with Crippen LogP contribution in [0, 0.1) is 0 Å². The van der Waals surface area contributed by atoms with Crippen molar-refractivity contribution in [3.05, 3.63) is 60.4 Å². The number of aromatic nitrogens is 2. The van der Waals surface area contributed by atoms with Crippen LogP contribution in [0.15, 0.2) is 64.8 Å². The number of nitrogens with two attached hydrogens (primary N) is 1. The Morgan fingerprint density at radius 1 is 1.14 bits per heavy atom. The maximum absolute atomic E-state index is 5.98. The summed E-state index contributed by atoms with van der Waals surface area (Å²) in [5.74, 6) is 0. The highest BCUT2D eigenvalue weighted by molar-refractivity contribution is 7.99. The molecule has 4 heteroatoms. The normalized spacial score (nSPS) is 12.5. The molecule has 3 aromatic rings. The third-order valence-electron chi connectivity index (χ3n) is 3.17. The van der Waals surface area contributed by atoms with E-state index < -0.39 is 0 Å². The molecule has 21 heavy (non-hydrogen) atoms. The van der Waals surface area contributed by atoms with E-state index in [1.165, 1.54) is 5.56 Å². The Labute approximate surface area is 128 Å². The maximum Gasteiger partial charge on any atom is 0.105 e. The van der Waals surface area contributed by atoms with Gasteiger partial charge in [-0.05, 0) is 43.2 Å². The smallest absolute Gasteiger partial charge is 0.105 e. The van der Waals surface area contributed by atoms with Gasteiger partial charge in [0.2, 0.25) is 0 Å². The summed E-state index contributed by atoms with van der Waals surface area (Å²) in [6.45, 7) is 2.02. The summed E-state index contributed by atoms with van der Waals surface area (Å²) in [5, 5.41) is 2.18. The van der Waals surface area contributed by atoms with E-state index in [4.69, 9.17) is 10.7 Å². The zero-order valence-electron chi connectivity index (χ0n) is 11.9. The molecule has 0 aliphatic carbocycles. The van der Waals surface area contributed by atoms with Crippen LogP contribution < -0.4 is 5.73 Å². The third-order valence-corrected chi connectivity index (χ3v) is 4.22. The standard InChI is InChI=1S/C17H17N3S/c1-12(18)10-14-11-13-4-2-3-5-16(13)20-17(14)21-15-6-8-19-9-7-15/h2-9,11-12H,10,18H2,1H3. The van der Waals surface area contributed by atoms with Gasteiger partial charge in [-0.3, -0.25) is 4.98 Å². The first-order chi connectivity index (χ1) is 10.2. The number of para-hydroxylation sites is 1. The molecule has 2 heterocycles. The van der Waals surface area contributed by atoms with Crippen molar-refractivity contribution in [2.75, 3.05) is 0 Å². The summed E-state index contributed by atoms with van der Waals surface area (Å²) in [6.07, 6.45) is 4.43. The van der Waals surface area contributed by atoms with Gasteiger partial charge < -0.3 is 5.73 Å². The molecule has 0 aliphatic rings. The second-order valence-corrected chi connectivity index (χ2v) is 6.17. The van der Waals surface area contributed by atoms with Gasteiger partial charge in [-0.25, -0.2) is 4.98 Å². The Balaban J connectivity index is 2.05. The van der Waals surface area contributed by atoms with Crippen LogP contribution in [-0.2, 0) is 6.42 Å². The van der Waals surface area contributed by atoms with E-state index in [1.54, 1.807) is 24.2 Å². The molecule has 2 aromatic heterocycles. The zero-order chi connectivity index (χ0) is 14.7. The first-order valence-corrected chi connectivity index (χ1v) is 7.76. The lowest BCUT2D eigenvalue weighted by atomic mass is 10.1. The fourth-order valence-electron chi connectivity index (χ4n) is 2.24. The maximum atomic E-state index is 5.98. The summed E-state index contributed by atoms with van der Waals surface area (Å²) >= 11 is 1.66. The van der Waals surface area contributed by atoms with Gasteiger partial charge in [0.1, 0.15) is 5.03 Å². The fraction of sp³-hybridized carbons (Fsp3) is 0.176. The third kappa shape index (κ3) is 3.40. The summed E-state index contributed by atoms with van der Waals surface area (Å²) in [7, 11) is 0. The molecule has 0 fully saturated rings. The molecule has 1 atom stereocenters. The molecule has 0 saturated carbocycles. The minimum atomic E-state index is 0.116. The first kappa shape index (κ1) is 14.0. The Hall–Kier alpha value is -1.91. The van der Waals surface area contributed by atoms with Crippen LogP contribution in [-0.4, -0.2) is 16.0 Å². The molecule has 0 amide bonds. The van der Waals surface area contributed by atoms with Gasteiger partial charge >= 0.3 is 0 Å². The fourth-order valence-corrected chi connectivity index (χ4v) is 3.14. The van der Waals surface area contributed by atoms with Crippen LogP contribution in [0.1, 0.15) is 12.5 Å². The summed E-state index contributed by atoms with van der Waals surface area (Å²) in [5.41, 5.74) is 8.20. The van der Waals surface area contributed by atoms with Gasteiger partial charge in [-0.15, -0.1) is 0 Å². The molecular weight excluding hydrogens is 278 g/mol. The number of rotatable bonds is 4. The van der Waals surface area contributed by atoms with E-state index in [-0.39, 0.29) is 6.04 Å². The number of nitrogens with zero attached hydrogens (tertiary/aromatic N) is 2. The average Bonchev–Trinajstić information content (AvgIpc) is 2.48. The average molecular weight is 295 g/mol. The number of benzene rings is 1. The number of fused-ring (bicyclic) bond motifs is 1. The van der Waals surface area contributed by atoms with Crippen molar-refractivity contribution in [1.29, 1.82) is 0 Å². The molecule has 0 spiro atoms. The minimum Gasteiger partial charge on any atom is -0.328 e. The number of hydrogen-bond donors (Lipinski definition) is 1. The van der Waals surface area contributed by atoms with Crippen molar-refractivity contribution in [1.82, 2.24) is 9.97 Å². The summed E-state index contributed by atoms with van der Waals surface area (Å²) in [4.78, 5) is 10.0. The van der Waals surface area contributed by atoms with Crippen LogP contribution in [0.3, 0.4) is 0 Å². The van der Waals surface area contributed by atoms with Crippen molar-refractivity contribution in [3.63, 3.8) is 0 Å². The molecule has 0 saturated heterocycles. The second-order valence-electron chi connectivity index (χ2n) is 5.11. The topological polar surface area (TPSA) is 51.8 Å². The molecule has 1 aromatic carbocycles. The molecule has 3 rings (SSSR count). The van der Waals surface area contributed by atoms with Crippen molar-refractivity contribution < 1.29 is 0 Å². The van der Waals surface area contributed by atoms with Crippen molar-refractivity contribution in [2.45, 2.75) is 29.3 Å². The van der Waals surface area contributed by atoms with Crippen LogP contribution >= 0.6 is 11.8 Å². The van der Waals surface area contributed by atoms with E-state index in [0.717, 1.165) is 27.2 Å². The largest absolute Gasteiger partial charge is 0.328 e. The highest BCUT2D eigenvalue weighted by Crippen LogP contribution is 2.31. The van der Waals surface area contributed by atoms with Crippen molar-refractivity contribution in [3.8, 4) is 0 Å². The predicted molar refractivity (Wildman–Crippen MR) is 87.5 cm³/mol. The highest BCUT2D eigenvalue weighted by Gasteiger charge is 2.10. The molecule has 0 radical (unpaired) electrons. The van der Waals surface area contributed by atoms with Gasteiger partial charge in [-0.1, -0.05) is 30.0 Å². The highest BCUT2D eigenvalue weighted by atomic mass is 32.2. The van der Waals surface area contributed by atoms with E-state index in [0.29, 0.717) is 0 Å². The summed E-state index contributed by atoms with van der Waals surface area (Å²) < 4.78 is 0. The lowest BCUT2D eigenvalue weighted by molar-refractivity contribution is 0.724. The number of hydrogen-bond acceptors (Lipinski definition) is 4. The van der Waals surface area contributed by atoms with Crippen LogP contribution in [0.4, 0.5) is 0 Å². The molecule has 1 unspecified atom stereocenters. The van der Waals surface area contributed by atoms with Gasteiger partial charge in [0.05, 0.1) is 5.52 Å². The van der Waals surface area contributed by atoms with E-state index in [1.807, 2.05) is 37.3 Å². The first-order valence-electron chi connectivity index (χ1n) is 6.94. The van der Waals surface area contributed by atoms with Crippen molar-refractivity contribution in [2.24, 2.45) is 5.73 Å². The quantitative estimate of drug-likeness (QED) is 0.798. The molecule has 0 aliphatic heterocycles. The zero-order valence-corrected chi connectivity index (χ0v) is 12.7. The van der Waals surface area contributed by atoms with Gasteiger partial charge in [0, 0.05) is 28.7 Å². The van der Waals surface area contributed by atoms with Crippen LogP contribution in [0.25, 0.3) is 10.9 Å². The second kappa shape index (κ2) is 6.24. The van der Waals surface area contributed by atoms with Gasteiger partial charge in [-0.2, -0.15) is 0 Å². The molecule has 0 bridgehead atoms.